The molecule has 0 saturated carbocycles. The fourth-order valence-corrected chi connectivity index (χ4v) is 3.78. The van der Waals surface area contributed by atoms with E-state index in [1.807, 2.05) is 75.4 Å². The van der Waals surface area contributed by atoms with Crippen LogP contribution in [-0.2, 0) is 0 Å². The van der Waals surface area contributed by atoms with Crippen LogP contribution in [0.2, 0.25) is 0 Å². The molecule has 7 heteroatoms. The minimum atomic E-state index is 0.255. The van der Waals surface area contributed by atoms with Gasteiger partial charge in [-0.2, -0.15) is 0 Å². The monoisotopic (exact) mass is 500 g/mol. The molecule has 3 rings (SSSR count). The van der Waals surface area contributed by atoms with E-state index < -0.39 is 0 Å². The minimum absolute atomic E-state index is 0.255. The molecule has 0 aliphatic heterocycles. The van der Waals surface area contributed by atoms with Gasteiger partial charge in [0.25, 0.3) is 0 Å². The summed E-state index contributed by atoms with van der Waals surface area (Å²) in [5.41, 5.74) is 4.58. The fraction of sp³-hybridized carbons (Fsp3) is 0.300. The zero-order valence-corrected chi connectivity index (χ0v) is 21.8. The molecule has 37 heavy (non-hydrogen) atoms. The Kier molecular flexibility index (Phi) is 10.4. The van der Waals surface area contributed by atoms with Crippen molar-refractivity contribution in [2.45, 2.75) is 20.8 Å². The van der Waals surface area contributed by atoms with Crippen molar-refractivity contribution in [3.05, 3.63) is 88.0 Å². The summed E-state index contributed by atoms with van der Waals surface area (Å²) in [4.78, 5) is 15.8. The molecule has 0 amide bonds. The molecule has 0 bridgehead atoms. The number of aromatic hydroxyl groups is 3. The van der Waals surface area contributed by atoms with Crippen LogP contribution in [0, 0.1) is 20.8 Å². The number of aliphatic imine (C=N–C) groups is 3. The van der Waals surface area contributed by atoms with Crippen molar-refractivity contribution in [3.63, 3.8) is 0 Å². The smallest absolute Gasteiger partial charge is 0.127 e. The zero-order chi connectivity index (χ0) is 26.6. The van der Waals surface area contributed by atoms with Gasteiger partial charge in [-0.1, -0.05) is 36.4 Å². The van der Waals surface area contributed by atoms with Crippen LogP contribution in [0.5, 0.6) is 17.2 Å². The third-order valence-electron chi connectivity index (χ3n) is 6.13. The van der Waals surface area contributed by atoms with Crippen LogP contribution in [0.25, 0.3) is 0 Å². The van der Waals surface area contributed by atoms with Crippen molar-refractivity contribution in [1.82, 2.24) is 4.90 Å². The van der Waals surface area contributed by atoms with Crippen molar-refractivity contribution in [2.24, 2.45) is 15.0 Å². The Hall–Kier alpha value is -3.97. The minimum Gasteiger partial charge on any atom is -0.507 e. The topological polar surface area (TPSA) is 101 Å². The van der Waals surface area contributed by atoms with Gasteiger partial charge in [0.2, 0.25) is 0 Å². The van der Waals surface area contributed by atoms with Crippen LogP contribution in [0.4, 0.5) is 0 Å². The van der Waals surface area contributed by atoms with E-state index in [-0.39, 0.29) is 17.2 Å². The summed E-state index contributed by atoms with van der Waals surface area (Å²) in [5, 5.41) is 30.6. The lowest BCUT2D eigenvalue weighted by Gasteiger charge is -2.19. The molecule has 194 valence electrons. The molecule has 3 aromatic rings. The molecular weight excluding hydrogens is 464 g/mol. The van der Waals surface area contributed by atoms with Gasteiger partial charge in [0, 0.05) is 55.0 Å². The second-order valence-electron chi connectivity index (χ2n) is 8.99. The molecule has 0 aliphatic rings. The van der Waals surface area contributed by atoms with E-state index in [4.69, 9.17) is 0 Å². The normalized spacial score (nSPS) is 12.0. The molecule has 0 aliphatic carbocycles. The first kappa shape index (κ1) is 27.6. The van der Waals surface area contributed by atoms with Gasteiger partial charge in [0.15, 0.2) is 0 Å². The van der Waals surface area contributed by atoms with E-state index in [0.29, 0.717) is 56.0 Å². The van der Waals surface area contributed by atoms with Crippen LogP contribution in [0.1, 0.15) is 33.4 Å². The van der Waals surface area contributed by atoms with E-state index in [1.54, 1.807) is 18.6 Å². The largest absolute Gasteiger partial charge is 0.507 e. The predicted octanol–water partition coefficient (Wildman–Crippen LogP) is 4.69. The Balaban J connectivity index is 1.59. The Bertz CT molecular complexity index is 1110. The molecule has 7 nitrogen and oxygen atoms in total. The van der Waals surface area contributed by atoms with Crippen LogP contribution in [-0.4, -0.2) is 78.1 Å². The summed E-state index contributed by atoms with van der Waals surface area (Å²) in [6.45, 7) is 9.42. The van der Waals surface area contributed by atoms with Gasteiger partial charge in [0.1, 0.15) is 17.2 Å². The Morgan fingerprint density at radius 2 is 0.838 bits per heavy atom. The van der Waals surface area contributed by atoms with Gasteiger partial charge in [-0.05, 0) is 55.7 Å². The highest BCUT2D eigenvalue weighted by Crippen LogP contribution is 2.21. The maximum atomic E-state index is 10.2. The highest BCUT2D eigenvalue weighted by Gasteiger charge is 2.06. The third kappa shape index (κ3) is 8.29. The maximum Gasteiger partial charge on any atom is 0.127 e. The number of nitrogens with zero attached hydrogens (tertiary/aromatic N) is 4. The van der Waals surface area contributed by atoms with Gasteiger partial charge in [-0.3, -0.25) is 19.9 Å². The maximum absolute atomic E-state index is 10.2. The molecular formula is C30H36N4O3. The average Bonchev–Trinajstić information content (AvgIpc) is 2.88. The molecule has 0 radical (unpaired) electrons. The Labute approximate surface area is 219 Å². The number of aryl methyl sites for hydroxylation is 3. The number of phenols is 3. The molecule has 3 N–H and O–H groups in total. The molecule has 0 spiro atoms. The first-order chi connectivity index (χ1) is 17.9. The first-order valence-corrected chi connectivity index (χ1v) is 12.4. The fourth-order valence-electron chi connectivity index (χ4n) is 3.78. The zero-order valence-electron chi connectivity index (χ0n) is 21.8. The lowest BCUT2D eigenvalue weighted by molar-refractivity contribution is 0.298. The van der Waals surface area contributed by atoms with Crippen molar-refractivity contribution in [1.29, 1.82) is 0 Å². The van der Waals surface area contributed by atoms with Crippen molar-refractivity contribution in [3.8, 4) is 17.2 Å². The average molecular weight is 501 g/mol. The summed E-state index contributed by atoms with van der Waals surface area (Å²) >= 11 is 0. The highest BCUT2D eigenvalue weighted by molar-refractivity contribution is 5.85. The molecule has 0 heterocycles. The third-order valence-corrected chi connectivity index (χ3v) is 6.13. The predicted molar refractivity (Wildman–Crippen MR) is 152 cm³/mol. The van der Waals surface area contributed by atoms with Crippen molar-refractivity contribution < 1.29 is 15.3 Å². The van der Waals surface area contributed by atoms with E-state index in [1.165, 1.54) is 0 Å². The number of phenolic OH excluding ortho intramolecular Hbond substituents is 3. The highest BCUT2D eigenvalue weighted by atomic mass is 16.3. The van der Waals surface area contributed by atoms with Gasteiger partial charge in [0.05, 0.1) is 19.6 Å². The van der Waals surface area contributed by atoms with Crippen LogP contribution in [0.15, 0.2) is 69.6 Å². The second-order valence-corrected chi connectivity index (χ2v) is 8.99. The first-order valence-electron chi connectivity index (χ1n) is 12.4. The van der Waals surface area contributed by atoms with Crippen LogP contribution in [0.3, 0.4) is 0 Å². The van der Waals surface area contributed by atoms with Gasteiger partial charge >= 0.3 is 0 Å². The van der Waals surface area contributed by atoms with Gasteiger partial charge < -0.3 is 15.3 Å². The summed E-state index contributed by atoms with van der Waals surface area (Å²) in [7, 11) is 0. The molecule has 3 aromatic carbocycles. The van der Waals surface area contributed by atoms with E-state index in [9.17, 15) is 15.3 Å². The Morgan fingerprint density at radius 1 is 0.541 bits per heavy atom. The quantitative estimate of drug-likeness (QED) is 0.314. The van der Waals surface area contributed by atoms with E-state index >= 15 is 0 Å². The molecule has 0 aromatic heterocycles. The molecule has 0 fully saturated rings. The lowest BCUT2D eigenvalue weighted by Crippen LogP contribution is -2.31. The van der Waals surface area contributed by atoms with Crippen molar-refractivity contribution >= 4 is 18.6 Å². The SMILES string of the molecule is Cc1cccc(C=NCCN(CCN=Cc2cccc(C)c2O)CCN=Cc2cccc(C)c2O)c1O. The molecule has 0 saturated heterocycles. The summed E-state index contributed by atoms with van der Waals surface area (Å²) < 4.78 is 0. The van der Waals surface area contributed by atoms with Crippen LogP contribution >= 0.6 is 0 Å². The summed E-state index contributed by atoms with van der Waals surface area (Å²) in [6, 6.07) is 16.8. The van der Waals surface area contributed by atoms with Gasteiger partial charge in [-0.15, -0.1) is 0 Å². The standard InChI is InChI=1S/C30H36N4O3/c1-22-7-4-10-25(28(22)35)19-31-13-16-34(17-14-32-20-26-11-5-8-23(2)29(26)36)18-15-33-21-27-12-6-9-24(3)30(27)37/h4-12,19-21,35-37H,13-18H2,1-3H3. The number of para-hydroxylation sites is 3. The number of rotatable bonds is 12. The number of hydrogen-bond donors (Lipinski definition) is 3. The summed E-state index contributed by atoms with van der Waals surface area (Å²) in [5.74, 6) is 0.766. The Morgan fingerprint density at radius 3 is 1.14 bits per heavy atom. The van der Waals surface area contributed by atoms with E-state index in [0.717, 1.165) is 16.7 Å². The van der Waals surface area contributed by atoms with E-state index in [2.05, 4.69) is 19.9 Å². The van der Waals surface area contributed by atoms with Crippen LogP contribution < -0.4 is 0 Å². The molecule has 0 unspecified atom stereocenters. The second kappa shape index (κ2) is 13.9. The number of benzene rings is 3. The van der Waals surface area contributed by atoms with Gasteiger partial charge in [-0.25, -0.2) is 0 Å². The molecule has 0 atom stereocenters. The lowest BCUT2D eigenvalue weighted by atomic mass is 10.1. The summed E-state index contributed by atoms with van der Waals surface area (Å²) in [6.07, 6.45) is 5.12. The number of hydrogen-bond acceptors (Lipinski definition) is 7. The van der Waals surface area contributed by atoms with Crippen molar-refractivity contribution in [2.75, 3.05) is 39.3 Å².